The summed E-state index contributed by atoms with van der Waals surface area (Å²) < 4.78 is 5.17. The molecule has 0 fully saturated rings. The zero-order chi connectivity index (χ0) is 12.6. The molecule has 2 unspecified atom stereocenters. The van der Waals surface area contributed by atoms with Crippen LogP contribution in [-0.4, -0.2) is 12.6 Å². The third-order valence-electron chi connectivity index (χ3n) is 3.00. The van der Waals surface area contributed by atoms with Crippen molar-refractivity contribution in [2.24, 2.45) is 17.8 Å². The molecule has 0 N–H and O–H groups in total. The number of rotatable bonds is 7. The maximum Gasteiger partial charge on any atom is 0.308 e. The number of hydrogen-bond acceptors (Lipinski definition) is 2. The molecule has 94 valence electrons. The first-order valence-corrected chi connectivity index (χ1v) is 6.26. The van der Waals surface area contributed by atoms with Crippen LogP contribution in [0.15, 0.2) is 12.2 Å². The minimum Gasteiger partial charge on any atom is -0.465 e. The number of esters is 1. The molecule has 0 saturated carbocycles. The van der Waals surface area contributed by atoms with Crippen molar-refractivity contribution in [1.82, 2.24) is 0 Å². The smallest absolute Gasteiger partial charge is 0.308 e. The molecule has 0 aromatic rings. The Bertz CT molecular complexity index is 219. The first-order valence-electron chi connectivity index (χ1n) is 6.26. The van der Waals surface area contributed by atoms with E-state index >= 15 is 0 Å². The van der Waals surface area contributed by atoms with Gasteiger partial charge in [-0.2, -0.15) is 0 Å². The third-order valence-corrected chi connectivity index (χ3v) is 3.00. The highest BCUT2D eigenvalue weighted by molar-refractivity contribution is 5.71. The van der Waals surface area contributed by atoms with E-state index in [0.29, 0.717) is 18.4 Å². The van der Waals surface area contributed by atoms with Gasteiger partial charge in [-0.25, -0.2) is 0 Å². The van der Waals surface area contributed by atoms with Gasteiger partial charge in [0.1, 0.15) is 0 Å². The third kappa shape index (κ3) is 6.65. The number of hydrogen-bond donors (Lipinski definition) is 0. The Labute approximate surface area is 100 Å². The van der Waals surface area contributed by atoms with Crippen LogP contribution in [0.3, 0.4) is 0 Å². The van der Waals surface area contributed by atoms with Crippen molar-refractivity contribution in [3.8, 4) is 0 Å². The zero-order valence-corrected chi connectivity index (χ0v) is 11.3. The van der Waals surface area contributed by atoms with Crippen LogP contribution in [0.4, 0.5) is 0 Å². The highest BCUT2D eigenvalue weighted by Crippen LogP contribution is 2.19. The summed E-state index contributed by atoms with van der Waals surface area (Å²) in [6.45, 7) is 10.8. The summed E-state index contributed by atoms with van der Waals surface area (Å²) >= 11 is 0. The highest BCUT2D eigenvalue weighted by Gasteiger charge is 2.13. The predicted molar refractivity (Wildman–Crippen MR) is 68.2 cm³/mol. The van der Waals surface area contributed by atoms with Crippen molar-refractivity contribution in [3.63, 3.8) is 0 Å². The van der Waals surface area contributed by atoms with Crippen molar-refractivity contribution >= 4 is 5.97 Å². The second-order valence-electron chi connectivity index (χ2n) is 4.87. The fourth-order valence-electron chi connectivity index (χ4n) is 1.38. The molecular formula is C14H26O2. The van der Waals surface area contributed by atoms with Crippen molar-refractivity contribution in [2.75, 3.05) is 6.61 Å². The molecule has 0 radical (unpaired) electrons. The second kappa shape index (κ2) is 8.37. The number of allylic oxidation sites excluding steroid dienone is 2. The number of carbonyl (C=O) groups excluding carboxylic acids is 1. The Morgan fingerprint density at radius 2 is 1.81 bits per heavy atom. The van der Waals surface area contributed by atoms with Crippen LogP contribution in [0.5, 0.6) is 0 Å². The van der Waals surface area contributed by atoms with E-state index in [1.165, 1.54) is 0 Å². The van der Waals surface area contributed by atoms with E-state index in [0.717, 1.165) is 12.8 Å². The Balaban J connectivity index is 3.72. The fraction of sp³-hybridized carbons (Fsp3) is 0.786. The van der Waals surface area contributed by atoms with Gasteiger partial charge in [-0.1, -0.05) is 39.8 Å². The lowest BCUT2D eigenvalue weighted by molar-refractivity contribution is -0.147. The summed E-state index contributed by atoms with van der Waals surface area (Å²) in [5.74, 6) is 1.13. The van der Waals surface area contributed by atoms with E-state index in [-0.39, 0.29) is 11.9 Å². The van der Waals surface area contributed by atoms with Crippen molar-refractivity contribution in [1.29, 1.82) is 0 Å². The Hall–Kier alpha value is -0.790. The zero-order valence-electron chi connectivity index (χ0n) is 11.3. The van der Waals surface area contributed by atoms with Crippen LogP contribution < -0.4 is 0 Å². The minimum atomic E-state index is -0.0895. The summed E-state index contributed by atoms with van der Waals surface area (Å²) in [6, 6.07) is 0. The average Bonchev–Trinajstić information content (AvgIpc) is 2.25. The second-order valence-corrected chi connectivity index (χ2v) is 4.87. The quantitative estimate of drug-likeness (QED) is 0.487. The van der Waals surface area contributed by atoms with Crippen LogP contribution in [0.2, 0.25) is 0 Å². The van der Waals surface area contributed by atoms with Crippen LogP contribution >= 0.6 is 0 Å². The van der Waals surface area contributed by atoms with E-state index in [1.54, 1.807) is 0 Å². The summed E-state index contributed by atoms with van der Waals surface area (Å²) in [5, 5.41) is 0. The molecule has 2 atom stereocenters. The summed E-state index contributed by atoms with van der Waals surface area (Å²) in [4.78, 5) is 11.2. The molecule has 0 aliphatic heterocycles. The molecule has 0 aliphatic rings. The molecule has 0 rings (SSSR count). The van der Waals surface area contributed by atoms with E-state index in [9.17, 15) is 4.79 Å². The summed E-state index contributed by atoms with van der Waals surface area (Å²) in [5.41, 5.74) is 0. The summed E-state index contributed by atoms with van der Waals surface area (Å²) in [7, 11) is 0. The molecule has 0 aromatic carbocycles. The molecule has 0 aromatic heterocycles. The van der Waals surface area contributed by atoms with E-state index in [2.05, 4.69) is 26.0 Å². The Kier molecular flexibility index (Phi) is 7.96. The van der Waals surface area contributed by atoms with Crippen molar-refractivity contribution in [2.45, 2.75) is 47.5 Å². The van der Waals surface area contributed by atoms with Gasteiger partial charge in [-0.3, -0.25) is 4.79 Å². The van der Waals surface area contributed by atoms with E-state index in [4.69, 9.17) is 4.74 Å². The molecule has 0 bridgehead atoms. The maximum atomic E-state index is 11.2. The Morgan fingerprint density at radius 1 is 1.19 bits per heavy atom. The first-order chi connectivity index (χ1) is 7.49. The molecular weight excluding hydrogens is 200 g/mol. The fourth-order valence-corrected chi connectivity index (χ4v) is 1.38. The lowest BCUT2D eigenvalue weighted by Crippen LogP contribution is -2.16. The van der Waals surface area contributed by atoms with Crippen LogP contribution in [0.1, 0.15) is 47.5 Å². The van der Waals surface area contributed by atoms with Gasteiger partial charge < -0.3 is 4.74 Å². The monoisotopic (exact) mass is 226 g/mol. The van der Waals surface area contributed by atoms with Gasteiger partial charge in [-0.15, -0.1) is 0 Å². The maximum absolute atomic E-state index is 11.2. The molecule has 16 heavy (non-hydrogen) atoms. The average molecular weight is 226 g/mol. The van der Waals surface area contributed by atoms with Gasteiger partial charge in [0.15, 0.2) is 0 Å². The SMILES string of the molecule is C/C=C/CC(C)C(C)CCOC(=O)C(C)C. The lowest BCUT2D eigenvalue weighted by atomic mass is 9.90. The molecule has 2 heteroatoms. The van der Waals surface area contributed by atoms with Gasteiger partial charge in [0.2, 0.25) is 0 Å². The number of ether oxygens (including phenoxy) is 1. The molecule has 0 heterocycles. The minimum absolute atomic E-state index is 0.0178. The Morgan fingerprint density at radius 3 is 2.31 bits per heavy atom. The van der Waals surface area contributed by atoms with Gasteiger partial charge in [0.25, 0.3) is 0 Å². The number of carbonyl (C=O) groups is 1. The normalized spacial score (nSPS) is 15.4. The standard InChI is InChI=1S/C14H26O2/c1-6-7-8-12(4)13(5)9-10-16-14(15)11(2)3/h6-7,11-13H,8-10H2,1-5H3/b7-6+. The van der Waals surface area contributed by atoms with Gasteiger partial charge in [-0.05, 0) is 31.6 Å². The van der Waals surface area contributed by atoms with Crippen molar-refractivity contribution in [3.05, 3.63) is 12.2 Å². The topological polar surface area (TPSA) is 26.3 Å². The van der Waals surface area contributed by atoms with Crippen LogP contribution in [-0.2, 0) is 9.53 Å². The van der Waals surface area contributed by atoms with Gasteiger partial charge in [0.05, 0.1) is 12.5 Å². The largest absolute Gasteiger partial charge is 0.465 e. The van der Waals surface area contributed by atoms with E-state index in [1.807, 2.05) is 20.8 Å². The molecule has 0 aliphatic carbocycles. The van der Waals surface area contributed by atoms with Gasteiger partial charge in [0, 0.05) is 0 Å². The highest BCUT2D eigenvalue weighted by atomic mass is 16.5. The molecule has 2 nitrogen and oxygen atoms in total. The van der Waals surface area contributed by atoms with Crippen molar-refractivity contribution < 1.29 is 9.53 Å². The van der Waals surface area contributed by atoms with E-state index < -0.39 is 0 Å². The summed E-state index contributed by atoms with van der Waals surface area (Å²) in [6.07, 6.45) is 6.34. The molecule has 0 amide bonds. The molecule has 0 saturated heterocycles. The predicted octanol–water partition coefficient (Wildman–Crippen LogP) is 3.81. The first kappa shape index (κ1) is 15.2. The lowest BCUT2D eigenvalue weighted by Gasteiger charge is -2.18. The van der Waals surface area contributed by atoms with Crippen LogP contribution in [0, 0.1) is 17.8 Å². The van der Waals surface area contributed by atoms with Crippen LogP contribution in [0.25, 0.3) is 0 Å². The van der Waals surface area contributed by atoms with Gasteiger partial charge >= 0.3 is 5.97 Å². The molecule has 0 spiro atoms.